The molecule has 0 radical (unpaired) electrons. The molecular weight excluding hydrogens is 164 g/mol. The van der Waals surface area contributed by atoms with Gasteiger partial charge in [0, 0.05) is 16.5 Å². The minimum atomic E-state index is -2.53. The summed E-state index contributed by atoms with van der Waals surface area (Å²) in [7, 11) is 0. The normalized spacial score (nSPS) is 16.8. The van der Waals surface area contributed by atoms with E-state index >= 15 is 0 Å². The molecule has 0 saturated heterocycles. The van der Waals surface area contributed by atoms with Crippen LogP contribution in [0.15, 0.2) is 30.8 Å². The van der Waals surface area contributed by atoms with Gasteiger partial charge >= 0.3 is 0 Å². The number of nitrogen functional groups attached to an aromatic ring is 1. The molecule has 0 aliphatic carbocycles. The van der Waals surface area contributed by atoms with Gasteiger partial charge in [0.15, 0.2) is 0 Å². The molecule has 0 aliphatic rings. The Balaban J connectivity index is 2.67. The Morgan fingerprint density at radius 1 is 1.62 bits per heavy atom. The maximum atomic E-state index is 7.79. The predicted molar refractivity (Wildman–Crippen MR) is 50.5 cm³/mol. The molecule has 2 aromatic rings. The monoisotopic (exact) mass is 179 g/mol. The van der Waals surface area contributed by atoms with Crippen molar-refractivity contribution in [2.75, 3.05) is 5.73 Å². The maximum Gasteiger partial charge on any atom is 0.147 e. The molecule has 0 atom stereocenters. The second-order valence-corrected chi connectivity index (χ2v) is 2.42. The molecule has 13 heavy (non-hydrogen) atoms. The van der Waals surface area contributed by atoms with E-state index < -0.39 is 12.5 Å². The second kappa shape index (κ2) is 2.90. The highest BCUT2D eigenvalue weighted by molar-refractivity contribution is 5.51. The van der Waals surface area contributed by atoms with Gasteiger partial charge in [0.25, 0.3) is 0 Å². The molecule has 0 fully saturated rings. The Morgan fingerprint density at radius 3 is 3.23 bits per heavy atom. The predicted octanol–water partition coefficient (Wildman–Crippen LogP) is 1.16. The van der Waals surface area contributed by atoms with Crippen molar-refractivity contribution < 1.29 is 6.85 Å². The zero-order valence-electron chi connectivity index (χ0n) is 11.7. The van der Waals surface area contributed by atoms with Crippen LogP contribution in [-0.4, -0.2) is 14.5 Å². The van der Waals surface area contributed by atoms with Crippen molar-refractivity contribution in [3.63, 3.8) is 0 Å². The Morgan fingerprint density at radius 2 is 2.54 bits per heavy atom. The third kappa shape index (κ3) is 1.38. The Kier molecular flexibility index (Phi) is 0.871. The fourth-order valence-corrected chi connectivity index (χ4v) is 0.968. The van der Waals surface area contributed by atoms with Crippen LogP contribution in [0.2, 0.25) is 0 Å². The lowest BCUT2D eigenvalue weighted by molar-refractivity contribution is 1.04. The van der Waals surface area contributed by atoms with Crippen LogP contribution in [0.4, 0.5) is 5.82 Å². The van der Waals surface area contributed by atoms with Gasteiger partial charge in [-0.05, 0) is 19.0 Å². The van der Waals surface area contributed by atoms with E-state index in [1.54, 1.807) is 12.1 Å². The van der Waals surface area contributed by atoms with Crippen molar-refractivity contribution in [3.05, 3.63) is 36.5 Å². The molecular formula is C9H10N4. The highest BCUT2D eigenvalue weighted by atomic mass is 15.1. The number of pyridine rings is 1. The van der Waals surface area contributed by atoms with Crippen LogP contribution >= 0.6 is 0 Å². The van der Waals surface area contributed by atoms with Gasteiger partial charge in [0.1, 0.15) is 7.19 Å². The van der Waals surface area contributed by atoms with Crippen molar-refractivity contribution in [3.8, 4) is 5.69 Å². The number of hydrogen-bond donors (Lipinski definition) is 1. The van der Waals surface area contributed by atoms with Crippen LogP contribution < -0.4 is 5.73 Å². The van der Waals surface area contributed by atoms with Crippen molar-refractivity contribution in [1.82, 2.24) is 14.5 Å². The van der Waals surface area contributed by atoms with Crippen LogP contribution in [0, 0.1) is 6.85 Å². The van der Waals surface area contributed by atoms with E-state index in [9.17, 15) is 0 Å². The first-order valence-corrected chi connectivity index (χ1v) is 3.59. The van der Waals surface area contributed by atoms with Crippen molar-refractivity contribution in [1.29, 1.82) is 0 Å². The summed E-state index contributed by atoms with van der Waals surface area (Å²) in [6.45, 7) is -2.53. The van der Waals surface area contributed by atoms with E-state index in [1.165, 1.54) is 6.20 Å². The molecule has 0 saturated carbocycles. The van der Waals surface area contributed by atoms with Gasteiger partial charge < -0.3 is 10.3 Å². The second-order valence-electron chi connectivity index (χ2n) is 2.42. The summed E-state index contributed by atoms with van der Waals surface area (Å²) in [5.74, 6) is 0.106. The van der Waals surface area contributed by atoms with E-state index in [0.29, 0.717) is 0 Å². The number of aromatic nitrogens is 3. The summed E-state index contributed by atoms with van der Waals surface area (Å²) < 4.78 is 38.2. The van der Waals surface area contributed by atoms with Gasteiger partial charge in [-0.3, -0.25) is 0 Å². The molecule has 2 aromatic heterocycles. The fraction of sp³-hybridized carbons (Fsp3) is 0.111. The number of nitrogens with two attached hydrogens (primary N) is 1. The van der Waals surface area contributed by atoms with Gasteiger partial charge in [-0.2, -0.15) is 0 Å². The Labute approximate surface area is 83.1 Å². The van der Waals surface area contributed by atoms with Gasteiger partial charge in [-0.15, -0.1) is 0 Å². The number of aryl methyl sites for hydroxylation is 1. The Bertz CT molecular complexity index is 589. The first-order valence-electron chi connectivity index (χ1n) is 6.09. The number of imidazole rings is 1. The molecule has 2 rings (SSSR count). The molecule has 0 bridgehead atoms. The summed E-state index contributed by atoms with van der Waals surface area (Å²) >= 11 is 0. The standard InChI is InChI=1S/C9H10N4/c1-7-5-13(6-12-7)8-3-2-4-11-9(8)10/h2-6H,1H3,(H2,10,11)/i1D3,5D,6D. The van der Waals surface area contributed by atoms with Crippen LogP contribution in [0.1, 0.15) is 12.5 Å². The van der Waals surface area contributed by atoms with Crippen molar-refractivity contribution in [2.45, 2.75) is 6.85 Å². The molecule has 0 spiro atoms. The first-order chi connectivity index (χ1) is 8.32. The lowest BCUT2D eigenvalue weighted by Crippen LogP contribution is -1.98. The average Bonchev–Trinajstić information content (AvgIpc) is 2.55. The molecule has 0 aliphatic heterocycles. The molecule has 0 aromatic carbocycles. The van der Waals surface area contributed by atoms with Crippen molar-refractivity contribution in [2.24, 2.45) is 0 Å². The lowest BCUT2D eigenvalue weighted by atomic mass is 10.4. The molecule has 0 amide bonds. The SMILES string of the molecule is [2H]c1nc(C([2H])([2H])[2H])c([2H])n1-c1cccnc1N. The summed E-state index contributed by atoms with van der Waals surface area (Å²) in [4.78, 5) is 7.43. The zero-order chi connectivity index (χ0) is 13.5. The largest absolute Gasteiger partial charge is 0.382 e. The fourth-order valence-electron chi connectivity index (χ4n) is 0.968. The summed E-state index contributed by atoms with van der Waals surface area (Å²) in [5.41, 5.74) is 5.49. The lowest BCUT2D eigenvalue weighted by Gasteiger charge is -2.03. The van der Waals surface area contributed by atoms with E-state index in [4.69, 9.17) is 12.6 Å². The minimum Gasteiger partial charge on any atom is -0.382 e. The molecule has 2 heterocycles. The third-order valence-corrected chi connectivity index (χ3v) is 1.54. The molecule has 4 heteroatoms. The average molecular weight is 179 g/mol. The third-order valence-electron chi connectivity index (χ3n) is 1.54. The molecule has 4 nitrogen and oxygen atoms in total. The van der Waals surface area contributed by atoms with E-state index in [-0.39, 0.29) is 24.0 Å². The van der Waals surface area contributed by atoms with Crippen LogP contribution in [0.5, 0.6) is 0 Å². The van der Waals surface area contributed by atoms with Crippen LogP contribution in [0.25, 0.3) is 5.69 Å². The van der Waals surface area contributed by atoms with Crippen molar-refractivity contribution >= 4 is 5.82 Å². The summed E-state index contributed by atoms with van der Waals surface area (Å²) in [6.07, 6.45) is 0.735. The number of hydrogen-bond acceptors (Lipinski definition) is 3. The van der Waals surface area contributed by atoms with Gasteiger partial charge in [0.2, 0.25) is 0 Å². The number of nitrogens with zero attached hydrogens (tertiary/aromatic N) is 3. The highest BCUT2D eigenvalue weighted by Crippen LogP contribution is 2.13. The summed E-state index contributed by atoms with van der Waals surface area (Å²) in [6, 6.07) is 3.13. The smallest absolute Gasteiger partial charge is 0.147 e. The quantitative estimate of drug-likeness (QED) is 0.714. The van der Waals surface area contributed by atoms with Gasteiger partial charge in [-0.1, -0.05) is 0 Å². The van der Waals surface area contributed by atoms with Crippen LogP contribution in [-0.2, 0) is 0 Å². The van der Waals surface area contributed by atoms with Gasteiger partial charge in [0.05, 0.1) is 19.1 Å². The van der Waals surface area contributed by atoms with Gasteiger partial charge in [-0.25, -0.2) is 9.97 Å². The number of anilines is 1. The highest BCUT2D eigenvalue weighted by Gasteiger charge is 2.01. The van der Waals surface area contributed by atoms with E-state index in [0.717, 1.165) is 4.57 Å². The van der Waals surface area contributed by atoms with E-state index in [2.05, 4.69) is 9.97 Å². The topological polar surface area (TPSA) is 56.7 Å². The van der Waals surface area contributed by atoms with Crippen LogP contribution in [0.3, 0.4) is 0 Å². The van der Waals surface area contributed by atoms with E-state index in [1.807, 2.05) is 0 Å². The Hall–Kier alpha value is -1.84. The minimum absolute atomic E-state index is 0.106. The molecule has 2 N–H and O–H groups in total. The summed E-state index contributed by atoms with van der Waals surface area (Å²) in [5, 5.41) is 0. The molecule has 66 valence electrons. The molecule has 0 unspecified atom stereocenters. The first kappa shape index (κ1) is 3.91. The number of rotatable bonds is 1. The maximum absolute atomic E-state index is 7.79. The zero-order valence-corrected chi connectivity index (χ0v) is 6.65.